The number of hydrogen-bond acceptors (Lipinski definition) is 2. The van der Waals surface area contributed by atoms with Crippen LogP contribution in [0.2, 0.25) is 0 Å². The van der Waals surface area contributed by atoms with Crippen molar-refractivity contribution in [3.05, 3.63) is 0 Å². The Kier molecular flexibility index (Phi) is 2.06. The maximum absolute atomic E-state index is 5.46. The van der Waals surface area contributed by atoms with Gasteiger partial charge < -0.3 is 0 Å². The van der Waals surface area contributed by atoms with Gasteiger partial charge in [-0.3, -0.25) is 0 Å². The third-order valence-electron chi connectivity index (χ3n) is 1.45. The Morgan fingerprint density at radius 1 is 1.89 bits per heavy atom. The molecule has 1 heterocycles. The first-order valence-electron chi connectivity index (χ1n) is 3.00. The predicted octanol–water partition coefficient (Wildman–Crippen LogP) is 1.55. The van der Waals surface area contributed by atoms with Crippen LogP contribution in [0.25, 0.3) is 0 Å². The molecular weight excluding hydrogens is 151 g/mol. The van der Waals surface area contributed by atoms with Crippen molar-refractivity contribution in [2.75, 3.05) is 12.8 Å². The Morgan fingerprint density at radius 2 is 2.56 bits per heavy atom. The molecule has 0 aromatic rings. The normalized spacial score (nSPS) is 35.4. The monoisotopic (exact) mass is 162 g/mol. The zero-order valence-electron chi connectivity index (χ0n) is 5.42. The molecule has 1 atom stereocenters. The van der Waals surface area contributed by atoms with Crippen molar-refractivity contribution in [1.29, 1.82) is 0 Å². The van der Waals surface area contributed by atoms with Crippen molar-refractivity contribution in [2.45, 2.75) is 12.5 Å². The molecule has 0 radical (unpaired) electrons. The summed E-state index contributed by atoms with van der Waals surface area (Å²) in [6.07, 6.45) is 7.31. The molecule has 0 amide bonds. The number of thiol groups is 1. The molecule has 0 aromatic heterocycles. The molecule has 9 heavy (non-hydrogen) atoms. The first-order valence-corrected chi connectivity index (χ1v) is 6.91. The minimum absolute atomic E-state index is 0.0548. The van der Waals surface area contributed by atoms with E-state index in [0.717, 1.165) is 12.6 Å². The third-order valence-corrected chi connectivity index (χ3v) is 4.45. The molecule has 1 aliphatic heterocycles. The fourth-order valence-electron chi connectivity index (χ4n) is 0.941. The van der Waals surface area contributed by atoms with Crippen LogP contribution in [0.1, 0.15) is 6.42 Å². The van der Waals surface area contributed by atoms with Gasteiger partial charge in [-0.15, -0.1) is 0 Å². The Labute approximate surface area is 61.7 Å². The summed E-state index contributed by atoms with van der Waals surface area (Å²) in [4.78, 5) is 0. The molecular formula is C6H11OPS. The Morgan fingerprint density at radius 3 is 2.78 bits per heavy atom. The molecule has 1 rings (SSSR count). The minimum atomic E-state index is -1.57. The van der Waals surface area contributed by atoms with Crippen molar-refractivity contribution in [2.24, 2.45) is 0 Å². The van der Waals surface area contributed by atoms with E-state index in [1.165, 1.54) is 0 Å². The average Bonchev–Trinajstić information content (AvgIpc) is 2.10. The van der Waals surface area contributed by atoms with E-state index in [1.807, 2.05) is 0 Å². The van der Waals surface area contributed by atoms with Crippen LogP contribution in [0.5, 0.6) is 0 Å². The zero-order valence-corrected chi connectivity index (χ0v) is 7.32. The second-order valence-corrected chi connectivity index (χ2v) is 8.41. The van der Waals surface area contributed by atoms with E-state index in [1.54, 1.807) is 0 Å². The van der Waals surface area contributed by atoms with E-state index >= 15 is 0 Å². The summed E-state index contributed by atoms with van der Waals surface area (Å²) in [6, 6.07) is 0. The molecule has 1 aliphatic rings. The van der Waals surface area contributed by atoms with Crippen molar-refractivity contribution < 1.29 is 4.52 Å². The summed E-state index contributed by atoms with van der Waals surface area (Å²) < 4.78 is 5.46. The fourth-order valence-corrected chi connectivity index (χ4v) is 3.42. The summed E-state index contributed by atoms with van der Waals surface area (Å²) in [5.74, 6) is 2.58. The van der Waals surface area contributed by atoms with E-state index in [4.69, 9.17) is 10.9 Å². The number of hydrogen-bond donors (Lipinski definition) is 1. The van der Waals surface area contributed by atoms with Crippen LogP contribution in [0.15, 0.2) is 0 Å². The van der Waals surface area contributed by atoms with Gasteiger partial charge in [-0.1, -0.05) is 0 Å². The topological polar surface area (TPSA) is 9.23 Å². The standard InChI is InChI=1S/C6H11OPS/c1-3-6-4-5-8(2,9)7-6/h1,6,8-9H,4-5H2,2H3. The van der Waals surface area contributed by atoms with Gasteiger partial charge in [-0.2, -0.15) is 0 Å². The van der Waals surface area contributed by atoms with Gasteiger partial charge >= 0.3 is 61.2 Å². The molecule has 0 N–H and O–H groups in total. The van der Waals surface area contributed by atoms with Gasteiger partial charge in [0.2, 0.25) is 0 Å². The Hall–Kier alpha value is 0.300. The van der Waals surface area contributed by atoms with Crippen molar-refractivity contribution in [3.63, 3.8) is 0 Å². The van der Waals surface area contributed by atoms with Crippen LogP contribution in [0.4, 0.5) is 0 Å². The molecule has 1 nitrogen and oxygen atoms in total. The molecule has 3 heteroatoms. The van der Waals surface area contributed by atoms with Crippen LogP contribution in [-0.4, -0.2) is 18.9 Å². The molecule has 52 valence electrons. The predicted molar refractivity (Wildman–Crippen MR) is 46.4 cm³/mol. The molecule has 1 unspecified atom stereocenters. The summed E-state index contributed by atoms with van der Waals surface area (Å²) >= 11 is 4.38. The Balaban J connectivity index is 2.50. The summed E-state index contributed by atoms with van der Waals surface area (Å²) in [5.41, 5.74) is 0. The molecule has 0 spiro atoms. The maximum atomic E-state index is 5.46. The molecule has 0 saturated carbocycles. The van der Waals surface area contributed by atoms with Gasteiger partial charge in [0.1, 0.15) is 0 Å². The van der Waals surface area contributed by atoms with Gasteiger partial charge in [0.25, 0.3) is 0 Å². The van der Waals surface area contributed by atoms with E-state index in [9.17, 15) is 0 Å². The zero-order chi connectivity index (χ0) is 6.91. The van der Waals surface area contributed by atoms with Crippen molar-refractivity contribution >= 4 is 18.9 Å². The van der Waals surface area contributed by atoms with Crippen LogP contribution < -0.4 is 0 Å². The van der Waals surface area contributed by atoms with Gasteiger partial charge in [0.15, 0.2) is 0 Å². The van der Waals surface area contributed by atoms with Crippen molar-refractivity contribution in [1.82, 2.24) is 0 Å². The van der Waals surface area contributed by atoms with Gasteiger partial charge in [0.05, 0.1) is 0 Å². The number of terminal acetylenes is 1. The van der Waals surface area contributed by atoms with Crippen LogP contribution in [0.3, 0.4) is 0 Å². The summed E-state index contributed by atoms with van der Waals surface area (Å²) in [5, 5.41) is 0. The quantitative estimate of drug-likeness (QED) is 0.323. The van der Waals surface area contributed by atoms with E-state index in [-0.39, 0.29) is 6.10 Å². The number of rotatable bonds is 0. The van der Waals surface area contributed by atoms with E-state index in [0.29, 0.717) is 0 Å². The second-order valence-electron chi connectivity index (χ2n) is 2.49. The van der Waals surface area contributed by atoms with Crippen molar-refractivity contribution in [3.8, 4) is 12.3 Å². The van der Waals surface area contributed by atoms with E-state index in [2.05, 4.69) is 24.8 Å². The summed E-state index contributed by atoms with van der Waals surface area (Å²) in [7, 11) is 0. The second kappa shape index (κ2) is 2.50. The molecule has 0 aromatic carbocycles. The average molecular weight is 162 g/mol. The van der Waals surface area contributed by atoms with Gasteiger partial charge in [0, 0.05) is 0 Å². The molecule has 0 bridgehead atoms. The van der Waals surface area contributed by atoms with E-state index < -0.39 is 6.69 Å². The van der Waals surface area contributed by atoms with Gasteiger partial charge in [-0.25, -0.2) is 0 Å². The molecule has 1 saturated heterocycles. The summed E-state index contributed by atoms with van der Waals surface area (Å²) in [6.45, 7) is 0.505. The molecule has 0 aliphatic carbocycles. The first kappa shape index (κ1) is 7.41. The van der Waals surface area contributed by atoms with Gasteiger partial charge in [-0.05, 0) is 0 Å². The third kappa shape index (κ3) is 1.86. The molecule has 1 fully saturated rings. The fraction of sp³-hybridized carbons (Fsp3) is 0.667. The van der Waals surface area contributed by atoms with Crippen LogP contribution >= 0.6 is 18.9 Å². The first-order chi connectivity index (χ1) is 4.14. The van der Waals surface area contributed by atoms with Crippen LogP contribution in [-0.2, 0) is 4.52 Å². The SMILES string of the molecule is C#CC1CC[PH](C)(S)O1. The van der Waals surface area contributed by atoms with Crippen LogP contribution in [0, 0.1) is 12.3 Å². The Bertz CT molecular complexity index is 150.